The molecular formula is C16H22N4O2. The number of hydrogen-bond acceptors (Lipinski definition) is 3. The van der Waals surface area contributed by atoms with Gasteiger partial charge in [-0.15, -0.1) is 6.58 Å². The van der Waals surface area contributed by atoms with Gasteiger partial charge in [-0.1, -0.05) is 6.08 Å². The highest BCUT2D eigenvalue weighted by Gasteiger charge is 2.20. The summed E-state index contributed by atoms with van der Waals surface area (Å²) < 4.78 is 0. The molecule has 0 aliphatic carbocycles. The lowest BCUT2D eigenvalue weighted by Crippen LogP contribution is -2.34. The molecule has 3 amide bonds. The van der Waals surface area contributed by atoms with Gasteiger partial charge in [-0.2, -0.15) is 0 Å². The average Bonchev–Trinajstić information content (AvgIpc) is 2.55. The van der Waals surface area contributed by atoms with Crippen molar-refractivity contribution in [3.63, 3.8) is 0 Å². The predicted octanol–water partition coefficient (Wildman–Crippen LogP) is 1.93. The zero-order valence-corrected chi connectivity index (χ0v) is 12.5. The fourth-order valence-corrected chi connectivity index (χ4v) is 2.31. The quantitative estimate of drug-likeness (QED) is 0.627. The molecule has 0 aromatic heterocycles. The fraction of sp³-hybridized carbons (Fsp3) is 0.375. The third-order valence-corrected chi connectivity index (χ3v) is 3.53. The van der Waals surface area contributed by atoms with Crippen molar-refractivity contribution < 1.29 is 9.59 Å². The highest BCUT2D eigenvalue weighted by atomic mass is 16.2. The van der Waals surface area contributed by atoms with Crippen molar-refractivity contribution in [2.24, 2.45) is 5.92 Å². The summed E-state index contributed by atoms with van der Waals surface area (Å²) in [6.07, 6.45) is 3.35. The normalized spacial score (nSPS) is 14.9. The first-order valence-corrected chi connectivity index (χ1v) is 7.46. The number of amides is 3. The van der Waals surface area contributed by atoms with Crippen molar-refractivity contribution in [2.75, 3.05) is 30.3 Å². The Bertz CT molecular complexity index is 521. The Hall–Kier alpha value is -2.34. The molecule has 0 radical (unpaired) electrons. The largest absolute Gasteiger partial charge is 0.334 e. The minimum Gasteiger partial charge on any atom is -0.334 e. The summed E-state index contributed by atoms with van der Waals surface area (Å²) in [6.45, 7) is 5.72. The maximum Gasteiger partial charge on any atom is 0.319 e. The minimum absolute atomic E-state index is 0.0611. The van der Waals surface area contributed by atoms with E-state index in [1.807, 2.05) is 0 Å². The van der Waals surface area contributed by atoms with Crippen LogP contribution < -0.4 is 21.3 Å². The number of piperidine rings is 1. The SMILES string of the molecule is C=CCNC(=O)Nc1ccc(NC(=O)C2CCNCC2)cc1. The van der Waals surface area contributed by atoms with Crippen LogP contribution in [0.3, 0.4) is 0 Å². The molecule has 1 aromatic carbocycles. The van der Waals surface area contributed by atoms with Crippen LogP contribution in [0.2, 0.25) is 0 Å². The molecule has 6 nitrogen and oxygen atoms in total. The van der Waals surface area contributed by atoms with Gasteiger partial charge in [-0.05, 0) is 50.2 Å². The van der Waals surface area contributed by atoms with Crippen molar-refractivity contribution >= 4 is 23.3 Å². The van der Waals surface area contributed by atoms with E-state index in [-0.39, 0.29) is 17.9 Å². The number of rotatable bonds is 5. The highest BCUT2D eigenvalue weighted by Crippen LogP contribution is 2.17. The molecule has 0 unspecified atom stereocenters. The number of anilines is 2. The maximum atomic E-state index is 12.1. The molecule has 1 heterocycles. The van der Waals surface area contributed by atoms with Crippen LogP contribution in [0.15, 0.2) is 36.9 Å². The summed E-state index contributed by atoms with van der Waals surface area (Å²) in [7, 11) is 0. The molecule has 0 spiro atoms. The second-order valence-corrected chi connectivity index (χ2v) is 5.21. The average molecular weight is 302 g/mol. The molecule has 2 rings (SSSR count). The number of urea groups is 1. The van der Waals surface area contributed by atoms with Crippen molar-refractivity contribution in [2.45, 2.75) is 12.8 Å². The van der Waals surface area contributed by atoms with E-state index in [1.54, 1.807) is 30.3 Å². The Morgan fingerprint density at radius 3 is 2.32 bits per heavy atom. The van der Waals surface area contributed by atoms with Crippen molar-refractivity contribution in [3.05, 3.63) is 36.9 Å². The van der Waals surface area contributed by atoms with E-state index in [4.69, 9.17) is 0 Å². The lowest BCUT2D eigenvalue weighted by molar-refractivity contribution is -0.120. The van der Waals surface area contributed by atoms with Crippen molar-refractivity contribution in [1.82, 2.24) is 10.6 Å². The van der Waals surface area contributed by atoms with Crippen LogP contribution >= 0.6 is 0 Å². The molecule has 1 saturated heterocycles. The Morgan fingerprint density at radius 1 is 1.14 bits per heavy atom. The first-order valence-electron chi connectivity index (χ1n) is 7.46. The summed E-state index contributed by atoms with van der Waals surface area (Å²) >= 11 is 0. The van der Waals surface area contributed by atoms with Gasteiger partial charge in [0.15, 0.2) is 0 Å². The van der Waals surface area contributed by atoms with Crippen LogP contribution in [0.4, 0.5) is 16.2 Å². The highest BCUT2D eigenvalue weighted by molar-refractivity contribution is 5.93. The van der Waals surface area contributed by atoms with Gasteiger partial charge in [-0.25, -0.2) is 4.79 Å². The van der Waals surface area contributed by atoms with Gasteiger partial charge in [-0.3, -0.25) is 4.79 Å². The summed E-state index contributed by atoms with van der Waals surface area (Å²) in [6, 6.07) is 6.78. The molecular weight excluding hydrogens is 280 g/mol. The second-order valence-electron chi connectivity index (χ2n) is 5.21. The Labute approximate surface area is 130 Å². The van der Waals surface area contributed by atoms with Gasteiger partial charge < -0.3 is 21.3 Å². The zero-order valence-electron chi connectivity index (χ0n) is 12.5. The lowest BCUT2D eigenvalue weighted by atomic mass is 9.97. The van der Waals surface area contributed by atoms with Crippen molar-refractivity contribution in [3.8, 4) is 0 Å². The number of carbonyl (C=O) groups excluding carboxylic acids is 2. The van der Waals surface area contributed by atoms with Gasteiger partial charge in [0, 0.05) is 23.8 Å². The summed E-state index contributed by atoms with van der Waals surface area (Å²) in [5.74, 6) is 0.134. The number of benzene rings is 1. The second kappa shape index (κ2) is 8.19. The summed E-state index contributed by atoms with van der Waals surface area (Å²) in [5, 5.41) is 11.5. The van der Waals surface area contributed by atoms with Crippen LogP contribution in [-0.4, -0.2) is 31.6 Å². The predicted molar refractivity (Wildman–Crippen MR) is 87.9 cm³/mol. The van der Waals surface area contributed by atoms with E-state index in [0.717, 1.165) is 31.6 Å². The Balaban J connectivity index is 1.84. The van der Waals surface area contributed by atoms with Gasteiger partial charge in [0.1, 0.15) is 0 Å². The molecule has 22 heavy (non-hydrogen) atoms. The van der Waals surface area contributed by atoms with E-state index in [2.05, 4.69) is 27.8 Å². The summed E-state index contributed by atoms with van der Waals surface area (Å²) in [5.41, 5.74) is 1.40. The Kier molecular flexibility index (Phi) is 5.97. The van der Waals surface area contributed by atoms with E-state index < -0.39 is 0 Å². The van der Waals surface area contributed by atoms with Crippen LogP contribution in [0.5, 0.6) is 0 Å². The molecule has 0 atom stereocenters. The number of carbonyl (C=O) groups is 2. The summed E-state index contributed by atoms with van der Waals surface area (Å²) in [4.78, 5) is 23.6. The molecule has 0 saturated carbocycles. The first-order chi connectivity index (χ1) is 10.7. The molecule has 1 aliphatic rings. The molecule has 118 valence electrons. The topological polar surface area (TPSA) is 82.3 Å². The molecule has 6 heteroatoms. The van der Waals surface area contributed by atoms with E-state index >= 15 is 0 Å². The molecule has 1 fully saturated rings. The number of nitrogens with one attached hydrogen (secondary N) is 4. The number of hydrogen-bond donors (Lipinski definition) is 4. The van der Waals surface area contributed by atoms with Crippen LogP contribution in [-0.2, 0) is 4.79 Å². The van der Waals surface area contributed by atoms with Crippen LogP contribution in [0.25, 0.3) is 0 Å². The molecule has 1 aliphatic heterocycles. The first kappa shape index (κ1) is 16.0. The van der Waals surface area contributed by atoms with Gasteiger partial charge >= 0.3 is 6.03 Å². The molecule has 4 N–H and O–H groups in total. The maximum absolute atomic E-state index is 12.1. The standard InChI is InChI=1S/C16H22N4O2/c1-2-9-18-16(22)20-14-5-3-13(4-6-14)19-15(21)12-7-10-17-11-8-12/h2-6,12,17H,1,7-11H2,(H,19,21)(H2,18,20,22). The zero-order chi connectivity index (χ0) is 15.8. The third kappa shape index (κ3) is 4.89. The molecule has 0 bridgehead atoms. The van der Waals surface area contributed by atoms with E-state index in [1.165, 1.54) is 0 Å². The Morgan fingerprint density at radius 2 is 1.73 bits per heavy atom. The van der Waals surface area contributed by atoms with Gasteiger partial charge in [0.2, 0.25) is 5.91 Å². The van der Waals surface area contributed by atoms with Crippen molar-refractivity contribution in [1.29, 1.82) is 0 Å². The van der Waals surface area contributed by atoms with Crippen LogP contribution in [0.1, 0.15) is 12.8 Å². The van der Waals surface area contributed by atoms with Gasteiger partial charge in [0.05, 0.1) is 0 Å². The van der Waals surface area contributed by atoms with Gasteiger partial charge in [0.25, 0.3) is 0 Å². The minimum atomic E-state index is -0.286. The van der Waals surface area contributed by atoms with Crippen LogP contribution in [0, 0.1) is 5.92 Å². The van der Waals surface area contributed by atoms with E-state index in [0.29, 0.717) is 12.2 Å². The third-order valence-electron chi connectivity index (χ3n) is 3.53. The lowest BCUT2D eigenvalue weighted by Gasteiger charge is -2.21. The monoisotopic (exact) mass is 302 g/mol. The molecule has 1 aromatic rings. The van der Waals surface area contributed by atoms with E-state index in [9.17, 15) is 9.59 Å². The fourth-order valence-electron chi connectivity index (χ4n) is 2.31. The smallest absolute Gasteiger partial charge is 0.319 e.